The van der Waals surface area contributed by atoms with Gasteiger partial charge in [0.2, 0.25) is 0 Å². The summed E-state index contributed by atoms with van der Waals surface area (Å²) in [6.45, 7) is 6.94. The van der Waals surface area contributed by atoms with Crippen molar-refractivity contribution in [2.24, 2.45) is 29.1 Å². The highest BCUT2D eigenvalue weighted by atomic mass is 16.6. The molecule has 5 nitrogen and oxygen atoms in total. The number of allylic oxidation sites excluding steroid dienone is 1. The molecule has 0 amide bonds. The number of aliphatic hydroxyl groups is 1. The van der Waals surface area contributed by atoms with Crippen LogP contribution in [0.3, 0.4) is 0 Å². The molecule has 4 aliphatic rings. The predicted molar refractivity (Wildman–Crippen MR) is 108 cm³/mol. The van der Waals surface area contributed by atoms with Crippen LogP contribution in [-0.2, 0) is 19.1 Å². The second kappa shape index (κ2) is 6.90. The molecule has 5 heteroatoms. The molecular formula is C24H32O5. The van der Waals surface area contributed by atoms with Crippen molar-refractivity contribution in [3.63, 3.8) is 0 Å². The second-order valence-corrected chi connectivity index (χ2v) is 9.75. The molecule has 0 radical (unpaired) electrons. The first-order valence-electron chi connectivity index (χ1n) is 10.9. The van der Waals surface area contributed by atoms with Gasteiger partial charge in [0.25, 0.3) is 0 Å². The van der Waals surface area contributed by atoms with Crippen LogP contribution in [0.1, 0.15) is 66.2 Å². The van der Waals surface area contributed by atoms with Crippen LogP contribution < -0.4 is 0 Å². The van der Waals surface area contributed by atoms with Crippen LogP contribution in [0.5, 0.6) is 0 Å². The molecule has 3 fully saturated rings. The lowest BCUT2D eigenvalue weighted by molar-refractivity contribution is -0.181. The lowest BCUT2D eigenvalue weighted by atomic mass is 9.50. The largest absolute Gasteiger partial charge is 0.446 e. The van der Waals surface area contributed by atoms with Crippen molar-refractivity contribution in [3.8, 4) is 0 Å². The third-order valence-electron chi connectivity index (χ3n) is 8.57. The van der Waals surface area contributed by atoms with Crippen molar-refractivity contribution in [1.29, 1.82) is 0 Å². The normalized spacial score (nSPS) is 45.1. The van der Waals surface area contributed by atoms with Crippen LogP contribution in [0.15, 0.2) is 23.3 Å². The van der Waals surface area contributed by atoms with Crippen LogP contribution in [0.25, 0.3) is 0 Å². The number of hydrogen-bond acceptors (Lipinski definition) is 5. The summed E-state index contributed by atoms with van der Waals surface area (Å²) in [5, 5.41) is 10.9. The number of fused-ring (bicyclic) bond motifs is 5. The van der Waals surface area contributed by atoms with Gasteiger partial charge in [-0.05, 0) is 86.8 Å². The van der Waals surface area contributed by atoms with E-state index in [4.69, 9.17) is 4.74 Å². The van der Waals surface area contributed by atoms with Crippen molar-refractivity contribution < 1.29 is 24.2 Å². The van der Waals surface area contributed by atoms with Gasteiger partial charge in [0, 0.05) is 18.8 Å². The third kappa shape index (κ3) is 2.73. The SMILES string of the molecule is C/C=C1\C[C@H]2[C@@H]3C[C@@H](O)C4=CC(=O)CC[C@@H]4[C@H]3CC[C@]2(C)[C@@]1(OC(C)=O)C(C)=O. The van der Waals surface area contributed by atoms with Crippen LogP contribution in [-0.4, -0.2) is 34.3 Å². The van der Waals surface area contributed by atoms with E-state index in [1.54, 1.807) is 6.08 Å². The zero-order valence-corrected chi connectivity index (χ0v) is 17.9. The summed E-state index contributed by atoms with van der Waals surface area (Å²) >= 11 is 0. The molecule has 0 aromatic carbocycles. The van der Waals surface area contributed by atoms with Gasteiger partial charge < -0.3 is 9.84 Å². The zero-order chi connectivity index (χ0) is 21.1. The van der Waals surface area contributed by atoms with E-state index in [1.807, 2.05) is 13.0 Å². The number of ether oxygens (including phenoxy) is 1. The molecule has 1 N–H and O–H groups in total. The molecule has 0 bridgehead atoms. The summed E-state index contributed by atoms with van der Waals surface area (Å²) in [6, 6.07) is 0. The maximum absolute atomic E-state index is 13.0. The monoisotopic (exact) mass is 400 g/mol. The fraction of sp³-hybridized carbons (Fsp3) is 0.708. The van der Waals surface area contributed by atoms with Gasteiger partial charge in [0.05, 0.1) is 6.10 Å². The number of rotatable bonds is 2. The summed E-state index contributed by atoms with van der Waals surface area (Å²) in [4.78, 5) is 37.0. The highest BCUT2D eigenvalue weighted by Gasteiger charge is 2.69. The maximum Gasteiger partial charge on any atom is 0.303 e. The molecule has 4 rings (SSSR count). The Morgan fingerprint density at radius 1 is 1.24 bits per heavy atom. The van der Waals surface area contributed by atoms with E-state index in [1.165, 1.54) is 13.8 Å². The Bertz CT molecular complexity index is 823. The molecule has 0 spiro atoms. The van der Waals surface area contributed by atoms with Crippen molar-refractivity contribution in [1.82, 2.24) is 0 Å². The summed E-state index contributed by atoms with van der Waals surface area (Å²) in [5.41, 5.74) is 0.155. The highest BCUT2D eigenvalue weighted by molar-refractivity contribution is 5.93. The number of ketones is 2. The van der Waals surface area contributed by atoms with Gasteiger partial charge in [-0.25, -0.2) is 0 Å². The second-order valence-electron chi connectivity index (χ2n) is 9.75. The molecule has 0 saturated heterocycles. The fourth-order valence-corrected chi connectivity index (χ4v) is 7.48. The average molecular weight is 401 g/mol. The Morgan fingerprint density at radius 2 is 1.97 bits per heavy atom. The van der Waals surface area contributed by atoms with Gasteiger partial charge in [-0.15, -0.1) is 0 Å². The molecule has 29 heavy (non-hydrogen) atoms. The first-order valence-corrected chi connectivity index (χ1v) is 10.9. The van der Waals surface area contributed by atoms with Gasteiger partial charge in [0.1, 0.15) is 0 Å². The van der Waals surface area contributed by atoms with E-state index in [-0.39, 0.29) is 29.3 Å². The molecule has 158 valence electrons. The topological polar surface area (TPSA) is 80.7 Å². The number of carbonyl (C=O) groups excluding carboxylic acids is 3. The molecule has 0 heterocycles. The van der Waals surface area contributed by atoms with Crippen molar-refractivity contribution in [3.05, 3.63) is 23.3 Å². The maximum atomic E-state index is 13.0. The Labute approximate surface area is 172 Å². The Kier molecular flexibility index (Phi) is 4.88. The molecule has 0 aromatic rings. The number of hydrogen-bond donors (Lipinski definition) is 1. The minimum atomic E-state index is -1.20. The molecule has 0 aromatic heterocycles. The number of aliphatic hydroxyl groups excluding tert-OH is 1. The van der Waals surface area contributed by atoms with E-state index >= 15 is 0 Å². The number of carbonyl (C=O) groups is 3. The summed E-state index contributed by atoms with van der Waals surface area (Å²) in [6.07, 6.45) is 7.47. The van der Waals surface area contributed by atoms with E-state index in [0.29, 0.717) is 18.8 Å². The first kappa shape index (κ1) is 20.5. The van der Waals surface area contributed by atoms with Crippen LogP contribution in [0, 0.1) is 29.1 Å². The highest BCUT2D eigenvalue weighted by Crippen LogP contribution is 2.67. The minimum Gasteiger partial charge on any atom is -0.446 e. The van der Waals surface area contributed by atoms with E-state index < -0.39 is 23.1 Å². The third-order valence-corrected chi connectivity index (χ3v) is 8.57. The first-order chi connectivity index (χ1) is 13.7. The number of esters is 1. The standard InChI is InChI=1S/C24H32O5/c1-5-15-10-21-19-12-22(28)20-11-16(27)6-7-17(20)18(19)8-9-23(21,4)24(15,13(2)25)29-14(3)26/h5,11,17-19,21-22,28H,6-10,12H2,1-4H3/b15-5+/t17-,18-,19-,21+,22-,23+,24-/m1/s1. The molecule has 7 atom stereocenters. The molecule has 0 unspecified atom stereocenters. The van der Waals surface area contributed by atoms with Crippen molar-refractivity contribution in [2.45, 2.75) is 77.9 Å². The van der Waals surface area contributed by atoms with Crippen molar-refractivity contribution >= 4 is 17.5 Å². The lowest BCUT2D eigenvalue weighted by Crippen LogP contribution is -2.58. The predicted octanol–water partition coefficient (Wildman–Crippen LogP) is 3.55. The Balaban J connectivity index is 1.77. The van der Waals surface area contributed by atoms with Crippen LogP contribution >= 0.6 is 0 Å². The lowest BCUT2D eigenvalue weighted by Gasteiger charge is -2.56. The van der Waals surface area contributed by atoms with Gasteiger partial charge in [-0.2, -0.15) is 0 Å². The Hall–Kier alpha value is -1.75. The molecule has 4 aliphatic carbocycles. The van der Waals surface area contributed by atoms with Crippen molar-refractivity contribution in [2.75, 3.05) is 0 Å². The van der Waals surface area contributed by atoms with Gasteiger partial charge >= 0.3 is 5.97 Å². The van der Waals surface area contributed by atoms with Crippen LogP contribution in [0.2, 0.25) is 0 Å². The minimum absolute atomic E-state index is 0.107. The quantitative estimate of drug-likeness (QED) is 0.566. The number of Topliss-reactive ketones (excluding diaryl/α,β-unsaturated/α-hetero) is 1. The Morgan fingerprint density at radius 3 is 2.59 bits per heavy atom. The van der Waals surface area contributed by atoms with Gasteiger partial charge in [0.15, 0.2) is 17.2 Å². The molecule has 0 aliphatic heterocycles. The van der Waals surface area contributed by atoms with Crippen LogP contribution in [0.4, 0.5) is 0 Å². The van der Waals surface area contributed by atoms with E-state index in [9.17, 15) is 19.5 Å². The van der Waals surface area contributed by atoms with Gasteiger partial charge in [-0.1, -0.05) is 13.0 Å². The smallest absolute Gasteiger partial charge is 0.303 e. The fourth-order valence-electron chi connectivity index (χ4n) is 7.48. The van der Waals surface area contributed by atoms with E-state index in [0.717, 1.165) is 36.8 Å². The van der Waals surface area contributed by atoms with E-state index in [2.05, 4.69) is 6.92 Å². The average Bonchev–Trinajstić information content (AvgIpc) is 2.91. The summed E-state index contributed by atoms with van der Waals surface area (Å²) in [5.74, 6) is 0.676. The van der Waals surface area contributed by atoms with Gasteiger partial charge in [-0.3, -0.25) is 14.4 Å². The zero-order valence-electron chi connectivity index (χ0n) is 17.9. The molecular weight excluding hydrogens is 368 g/mol. The summed E-state index contributed by atoms with van der Waals surface area (Å²) < 4.78 is 5.89. The molecule has 3 saturated carbocycles. The summed E-state index contributed by atoms with van der Waals surface area (Å²) in [7, 11) is 0.